The molecule has 0 spiro atoms. The maximum absolute atomic E-state index is 12.8. The molecular formula is C23H25N7O3. The van der Waals surface area contributed by atoms with Crippen molar-refractivity contribution in [3.05, 3.63) is 75.2 Å². The smallest absolute Gasteiger partial charge is 0.332 e. The molecule has 4 rings (SSSR count). The summed E-state index contributed by atoms with van der Waals surface area (Å²) in [6, 6.07) is 10.9. The SMILES string of the molecule is CN(C)CCCOc1ccc(-c2nnc3c(n2)c(=O)n(C)c(=O)n3Cc2cccnc2)cc1. The molecule has 4 aromatic rings. The zero-order chi connectivity index (χ0) is 23.4. The van der Waals surface area contributed by atoms with E-state index in [2.05, 4.69) is 25.1 Å². The van der Waals surface area contributed by atoms with Gasteiger partial charge in [-0.2, -0.15) is 0 Å². The zero-order valence-corrected chi connectivity index (χ0v) is 18.8. The Hall–Kier alpha value is -3.92. The average molecular weight is 447 g/mol. The number of benzene rings is 1. The van der Waals surface area contributed by atoms with E-state index >= 15 is 0 Å². The second kappa shape index (κ2) is 9.70. The molecule has 0 amide bonds. The topological polar surface area (TPSA) is 108 Å². The van der Waals surface area contributed by atoms with Crippen molar-refractivity contribution in [2.24, 2.45) is 7.05 Å². The molecule has 1 aromatic carbocycles. The fourth-order valence-electron chi connectivity index (χ4n) is 3.37. The third-order valence-electron chi connectivity index (χ3n) is 5.14. The van der Waals surface area contributed by atoms with Gasteiger partial charge in [0.2, 0.25) is 0 Å². The highest BCUT2D eigenvalue weighted by atomic mass is 16.5. The number of hydrogen-bond donors (Lipinski definition) is 0. The Balaban J connectivity index is 1.64. The summed E-state index contributed by atoms with van der Waals surface area (Å²) < 4.78 is 8.17. The van der Waals surface area contributed by atoms with E-state index in [1.807, 2.05) is 44.4 Å². The molecule has 10 heteroatoms. The van der Waals surface area contributed by atoms with Gasteiger partial charge in [0.15, 0.2) is 17.0 Å². The Bertz CT molecular complexity index is 1360. The van der Waals surface area contributed by atoms with Crippen LogP contribution in [0.15, 0.2) is 58.4 Å². The highest BCUT2D eigenvalue weighted by molar-refractivity contribution is 5.71. The van der Waals surface area contributed by atoms with Crippen molar-refractivity contribution in [2.45, 2.75) is 13.0 Å². The normalized spacial score (nSPS) is 11.3. The largest absolute Gasteiger partial charge is 0.494 e. The molecule has 0 aliphatic rings. The van der Waals surface area contributed by atoms with Crippen LogP contribution in [-0.4, -0.2) is 61.4 Å². The molecule has 0 saturated heterocycles. The van der Waals surface area contributed by atoms with Gasteiger partial charge in [-0.3, -0.25) is 18.9 Å². The minimum Gasteiger partial charge on any atom is -0.494 e. The van der Waals surface area contributed by atoms with Crippen LogP contribution in [0, 0.1) is 0 Å². The minimum atomic E-state index is -0.519. The van der Waals surface area contributed by atoms with Crippen LogP contribution < -0.4 is 16.0 Å². The summed E-state index contributed by atoms with van der Waals surface area (Å²) in [5, 5.41) is 8.38. The first kappa shape index (κ1) is 22.3. The molecule has 3 heterocycles. The van der Waals surface area contributed by atoms with Crippen LogP contribution in [0.4, 0.5) is 0 Å². The Morgan fingerprint density at radius 2 is 1.85 bits per heavy atom. The molecule has 3 aromatic heterocycles. The van der Waals surface area contributed by atoms with Gasteiger partial charge in [0.1, 0.15) is 5.75 Å². The van der Waals surface area contributed by atoms with E-state index < -0.39 is 11.2 Å². The van der Waals surface area contributed by atoms with Gasteiger partial charge in [0.25, 0.3) is 5.56 Å². The summed E-state index contributed by atoms with van der Waals surface area (Å²) in [5.41, 5.74) is 0.695. The first-order chi connectivity index (χ1) is 15.9. The van der Waals surface area contributed by atoms with Crippen LogP contribution >= 0.6 is 0 Å². The Kier molecular flexibility index (Phi) is 6.55. The first-order valence-corrected chi connectivity index (χ1v) is 10.5. The van der Waals surface area contributed by atoms with Gasteiger partial charge in [-0.05, 0) is 56.4 Å². The van der Waals surface area contributed by atoms with Crippen molar-refractivity contribution >= 4 is 11.2 Å². The van der Waals surface area contributed by atoms with Gasteiger partial charge in [-0.15, -0.1) is 10.2 Å². The number of nitrogens with zero attached hydrogens (tertiary/aromatic N) is 7. The third kappa shape index (κ3) is 4.96. The average Bonchev–Trinajstić information content (AvgIpc) is 2.84. The van der Waals surface area contributed by atoms with Crippen molar-refractivity contribution in [1.82, 2.24) is 34.2 Å². The maximum atomic E-state index is 12.8. The third-order valence-corrected chi connectivity index (χ3v) is 5.14. The molecule has 0 N–H and O–H groups in total. The van der Waals surface area contributed by atoms with Gasteiger partial charge in [-0.1, -0.05) is 6.07 Å². The van der Waals surface area contributed by atoms with E-state index in [0.717, 1.165) is 28.8 Å². The fourth-order valence-corrected chi connectivity index (χ4v) is 3.37. The number of aromatic nitrogens is 6. The lowest BCUT2D eigenvalue weighted by molar-refractivity contribution is 0.281. The van der Waals surface area contributed by atoms with Crippen LogP contribution in [-0.2, 0) is 13.6 Å². The molecule has 0 atom stereocenters. The second-order valence-corrected chi connectivity index (χ2v) is 7.93. The molecular weight excluding hydrogens is 422 g/mol. The van der Waals surface area contributed by atoms with Gasteiger partial charge in [0.05, 0.1) is 13.2 Å². The Labute approximate surface area is 190 Å². The number of rotatable bonds is 8. The predicted octanol–water partition coefficient (Wildman–Crippen LogP) is 1.33. The van der Waals surface area contributed by atoms with E-state index in [1.54, 1.807) is 18.5 Å². The van der Waals surface area contributed by atoms with E-state index in [0.29, 0.717) is 18.0 Å². The Morgan fingerprint density at radius 3 is 2.55 bits per heavy atom. The van der Waals surface area contributed by atoms with Crippen LogP contribution in [0.2, 0.25) is 0 Å². The predicted molar refractivity (Wildman–Crippen MR) is 124 cm³/mol. The van der Waals surface area contributed by atoms with Gasteiger partial charge in [-0.25, -0.2) is 9.78 Å². The summed E-state index contributed by atoms with van der Waals surface area (Å²) in [6.07, 6.45) is 4.23. The summed E-state index contributed by atoms with van der Waals surface area (Å²) in [5.74, 6) is 1.04. The van der Waals surface area contributed by atoms with Crippen molar-refractivity contribution < 1.29 is 4.74 Å². The fraction of sp³-hybridized carbons (Fsp3) is 0.304. The molecule has 33 heavy (non-hydrogen) atoms. The number of pyridine rings is 1. The Morgan fingerprint density at radius 1 is 1.06 bits per heavy atom. The summed E-state index contributed by atoms with van der Waals surface area (Å²) in [6.45, 7) is 1.78. The molecule has 170 valence electrons. The highest BCUT2D eigenvalue weighted by Crippen LogP contribution is 2.20. The van der Waals surface area contributed by atoms with Crippen molar-refractivity contribution in [1.29, 1.82) is 0 Å². The number of fused-ring (bicyclic) bond motifs is 1. The summed E-state index contributed by atoms with van der Waals surface area (Å²) in [4.78, 5) is 36.1. The highest BCUT2D eigenvalue weighted by Gasteiger charge is 2.16. The van der Waals surface area contributed by atoms with Crippen LogP contribution in [0.3, 0.4) is 0 Å². The monoisotopic (exact) mass is 447 g/mol. The summed E-state index contributed by atoms with van der Waals surface area (Å²) >= 11 is 0. The van der Waals surface area contributed by atoms with E-state index in [9.17, 15) is 9.59 Å². The molecule has 10 nitrogen and oxygen atoms in total. The molecule has 0 saturated carbocycles. The lowest BCUT2D eigenvalue weighted by Gasteiger charge is -2.11. The quantitative estimate of drug-likeness (QED) is 0.372. The molecule has 0 aliphatic heterocycles. The lowest BCUT2D eigenvalue weighted by Crippen LogP contribution is -2.39. The van der Waals surface area contributed by atoms with Crippen LogP contribution in [0.5, 0.6) is 5.75 Å². The second-order valence-electron chi connectivity index (χ2n) is 7.93. The minimum absolute atomic E-state index is 0.0787. The van der Waals surface area contributed by atoms with E-state index in [4.69, 9.17) is 4.74 Å². The van der Waals surface area contributed by atoms with Crippen molar-refractivity contribution in [3.63, 3.8) is 0 Å². The molecule has 0 bridgehead atoms. The number of ether oxygens (including phenoxy) is 1. The van der Waals surface area contributed by atoms with Crippen molar-refractivity contribution in [2.75, 3.05) is 27.2 Å². The summed E-state index contributed by atoms with van der Waals surface area (Å²) in [7, 11) is 5.48. The molecule has 0 radical (unpaired) electrons. The maximum Gasteiger partial charge on any atom is 0.332 e. The standard InChI is InChI=1S/C23H25N7O3/c1-28(2)12-5-13-33-18-9-7-17(8-10-18)20-25-19-21(27-26-20)30(23(32)29(3)22(19)31)15-16-6-4-11-24-14-16/h4,6-11,14H,5,12-13,15H2,1-3H3. The first-order valence-electron chi connectivity index (χ1n) is 10.5. The van der Waals surface area contributed by atoms with E-state index in [1.165, 1.54) is 11.6 Å². The van der Waals surface area contributed by atoms with E-state index in [-0.39, 0.29) is 17.7 Å². The number of hydrogen-bond acceptors (Lipinski definition) is 8. The van der Waals surface area contributed by atoms with Crippen LogP contribution in [0.1, 0.15) is 12.0 Å². The van der Waals surface area contributed by atoms with Gasteiger partial charge < -0.3 is 9.64 Å². The molecule has 0 aliphatic carbocycles. The lowest BCUT2D eigenvalue weighted by atomic mass is 10.2. The molecule has 0 unspecified atom stereocenters. The van der Waals surface area contributed by atoms with Crippen LogP contribution in [0.25, 0.3) is 22.6 Å². The van der Waals surface area contributed by atoms with Gasteiger partial charge in [0, 0.05) is 31.5 Å². The molecule has 0 fully saturated rings. The zero-order valence-electron chi connectivity index (χ0n) is 18.8. The van der Waals surface area contributed by atoms with Crippen molar-refractivity contribution in [3.8, 4) is 17.1 Å². The van der Waals surface area contributed by atoms with Gasteiger partial charge >= 0.3 is 5.69 Å².